The summed E-state index contributed by atoms with van der Waals surface area (Å²) < 4.78 is 3.89. The molecule has 0 aliphatic heterocycles. The molecule has 3 aromatic rings. The molecule has 25 heavy (non-hydrogen) atoms. The van der Waals surface area contributed by atoms with Gasteiger partial charge in [0.1, 0.15) is 0 Å². The molecule has 0 aliphatic carbocycles. The Bertz CT molecular complexity index is 877. The van der Waals surface area contributed by atoms with E-state index in [1.807, 2.05) is 22.5 Å². The fraction of sp³-hybridized carbons (Fsp3) is 0.421. The Morgan fingerprint density at radius 3 is 2.72 bits per heavy atom. The summed E-state index contributed by atoms with van der Waals surface area (Å²) in [6, 6.07) is 8.31. The summed E-state index contributed by atoms with van der Waals surface area (Å²) in [5.74, 6) is 0.0599. The van der Waals surface area contributed by atoms with Gasteiger partial charge in [-0.15, -0.1) is 0 Å². The lowest BCUT2D eigenvalue weighted by Gasteiger charge is -2.07. The fourth-order valence-corrected chi connectivity index (χ4v) is 3.01. The zero-order chi connectivity index (χ0) is 17.8. The molecule has 6 nitrogen and oxygen atoms in total. The third-order valence-corrected chi connectivity index (χ3v) is 4.32. The van der Waals surface area contributed by atoms with E-state index in [4.69, 9.17) is 0 Å². The molecular formula is C19H25N5O. The Morgan fingerprint density at radius 1 is 1.12 bits per heavy atom. The second-order valence-electron chi connectivity index (χ2n) is 6.53. The van der Waals surface area contributed by atoms with Crippen molar-refractivity contribution in [1.29, 1.82) is 0 Å². The fourth-order valence-electron chi connectivity index (χ4n) is 3.01. The van der Waals surface area contributed by atoms with E-state index in [9.17, 15) is 4.79 Å². The third kappa shape index (κ3) is 4.26. The van der Waals surface area contributed by atoms with Crippen LogP contribution in [0.3, 0.4) is 0 Å². The number of carbonyl (C=O) groups excluding carboxylic acids is 1. The normalized spacial score (nSPS) is 11.2. The molecule has 0 aliphatic rings. The third-order valence-electron chi connectivity index (χ3n) is 4.32. The van der Waals surface area contributed by atoms with E-state index in [0.717, 1.165) is 35.3 Å². The molecule has 0 radical (unpaired) electrons. The molecule has 0 bridgehead atoms. The van der Waals surface area contributed by atoms with E-state index in [0.29, 0.717) is 19.5 Å². The van der Waals surface area contributed by atoms with E-state index in [1.54, 1.807) is 0 Å². The summed E-state index contributed by atoms with van der Waals surface area (Å²) in [6.45, 7) is 8.18. The van der Waals surface area contributed by atoms with Gasteiger partial charge < -0.3 is 5.32 Å². The molecule has 3 rings (SSSR count). The first-order valence-electron chi connectivity index (χ1n) is 8.73. The van der Waals surface area contributed by atoms with Crippen LogP contribution in [0, 0.1) is 20.8 Å². The molecule has 0 unspecified atom stereocenters. The Kier molecular flexibility index (Phi) is 5.16. The minimum absolute atomic E-state index is 0.0599. The molecule has 0 saturated heterocycles. The van der Waals surface area contributed by atoms with Gasteiger partial charge in [0.25, 0.3) is 0 Å². The van der Waals surface area contributed by atoms with Crippen LogP contribution >= 0.6 is 0 Å². The van der Waals surface area contributed by atoms with Crippen LogP contribution in [0.5, 0.6) is 0 Å². The summed E-state index contributed by atoms with van der Waals surface area (Å²) >= 11 is 0. The number of aryl methyl sites for hydroxylation is 5. The molecule has 0 saturated carbocycles. The highest BCUT2D eigenvalue weighted by molar-refractivity contribution is 5.80. The summed E-state index contributed by atoms with van der Waals surface area (Å²) in [7, 11) is 0. The second-order valence-corrected chi connectivity index (χ2v) is 6.53. The Hall–Kier alpha value is -2.63. The Labute approximate surface area is 147 Å². The molecule has 2 heterocycles. The number of rotatable bonds is 7. The number of carbonyl (C=O) groups is 1. The molecule has 1 N–H and O–H groups in total. The van der Waals surface area contributed by atoms with Crippen molar-refractivity contribution in [1.82, 2.24) is 24.9 Å². The molecule has 2 aromatic heterocycles. The zero-order valence-electron chi connectivity index (χ0n) is 15.1. The molecule has 6 heteroatoms. The van der Waals surface area contributed by atoms with Crippen LogP contribution in [0.2, 0.25) is 0 Å². The van der Waals surface area contributed by atoms with Gasteiger partial charge >= 0.3 is 0 Å². The van der Waals surface area contributed by atoms with Gasteiger partial charge in [-0.1, -0.05) is 12.1 Å². The van der Waals surface area contributed by atoms with Crippen LogP contribution in [0.4, 0.5) is 0 Å². The van der Waals surface area contributed by atoms with Gasteiger partial charge in [0.15, 0.2) is 0 Å². The number of fused-ring (bicyclic) bond motifs is 1. The zero-order valence-corrected chi connectivity index (χ0v) is 15.1. The summed E-state index contributed by atoms with van der Waals surface area (Å²) in [4.78, 5) is 12.0. The lowest BCUT2D eigenvalue weighted by atomic mass is 10.2. The average molecular weight is 339 g/mol. The minimum atomic E-state index is 0.0599. The molecule has 0 spiro atoms. The largest absolute Gasteiger partial charge is 0.356 e. The van der Waals surface area contributed by atoms with Crippen molar-refractivity contribution in [2.75, 3.05) is 6.54 Å². The Morgan fingerprint density at radius 2 is 1.96 bits per heavy atom. The van der Waals surface area contributed by atoms with E-state index in [1.165, 1.54) is 5.56 Å². The summed E-state index contributed by atoms with van der Waals surface area (Å²) in [5.41, 5.74) is 4.47. The van der Waals surface area contributed by atoms with Crippen LogP contribution in [-0.2, 0) is 17.9 Å². The van der Waals surface area contributed by atoms with Crippen molar-refractivity contribution in [2.24, 2.45) is 0 Å². The lowest BCUT2D eigenvalue weighted by Crippen LogP contribution is -2.26. The van der Waals surface area contributed by atoms with Crippen LogP contribution in [0.1, 0.15) is 29.8 Å². The van der Waals surface area contributed by atoms with E-state index in [2.05, 4.69) is 53.6 Å². The molecule has 1 amide bonds. The number of nitrogens with zero attached hydrogens (tertiary/aromatic N) is 4. The number of amides is 1. The van der Waals surface area contributed by atoms with Gasteiger partial charge in [-0.05, 0) is 44.9 Å². The van der Waals surface area contributed by atoms with Crippen LogP contribution in [0.15, 0.2) is 30.5 Å². The van der Waals surface area contributed by atoms with Crippen molar-refractivity contribution in [3.63, 3.8) is 0 Å². The van der Waals surface area contributed by atoms with Gasteiger partial charge in [0, 0.05) is 30.6 Å². The van der Waals surface area contributed by atoms with E-state index < -0.39 is 0 Å². The van der Waals surface area contributed by atoms with Crippen molar-refractivity contribution in [2.45, 2.75) is 46.7 Å². The number of hydrogen-bond acceptors (Lipinski definition) is 3. The smallest absolute Gasteiger partial charge is 0.221 e. The van der Waals surface area contributed by atoms with Crippen molar-refractivity contribution >= 4 is 16.8 Å². The quantitative estimate of drug-likeness (QED) is 0.673. The molecule has 1 aromatic carbocycles. The van der Waals surface area contributed by atoms with Crippen molar-refractivity contribution in [3.05, 3.63) is 47.4 Å². The maximum absolute atomic E-state index is 12.0. The highest BCUT2D eigenvalue weighted by atomic mass is 16.1. The maximum Gasteiger partial charge on any atom is 0.221 e. The molecule has 0 fully saturated rings. The Balaban J connectivity index is 1.43. The SMILES string of the molecule is Cc1ccc2cnn(CCC(=O)NCCCn3nc(C)cc3C)c2c1. The summed E-state index contributed by atoms with van der Waals surface area (Å²) in [5, 5.41) is 12.9. The van der Waals surface area contributed by atoms with Crippen molar-refractivity contribution < 1.29 is 4.79 Å². The molecule has 132 valence electrons. The van der Waals surface area contributed by atoms with Crippen LogP contribution < -0.4 is 5.32 Å². The highest BCUT2D eigenvalue weighted by Gasteiger charge is 2.06. The lowest BCUT2D eigenvalue weighted by molar-refractivity contribution is -0.121. The van der Waals surface area contributed by atoms with Gasteiger partial charge in [0.05, 0.1) is 24.0 Å². The minimum Gasteiger partial charge on any atom is -0.356 e. The van der Waals surface area contributed by atoms with Gasteiger partial charge in [-0.25, -0.2) is 0 Å². The summed E-state index contributed by atoms with van der Waals surface area (Å²) in [6.07, 6.45) is 3.16. The average Bonchev–Trinajstić information content (AvgIpc) is 3.12. The standard InChI is InChI=1S/C19H25N5O/c1-14-5-6-17-13-21-24(18(17)11-14)10-7-19(25)20-8-4-9-23-16(3)12-15(2)22-23/h5-6,11-13H,4,7-10H2,1-3H3,(H,20,25). The number of nitrogens with one attached hydrogen (secondary N) is 1. The first kappa shape index (κ1) is 17.2. The van der Waals surface area contributed by atoms with E-state index >= 15 is 0 Å². The van der Waals surface area contributed by atoms with Gasteiger partial charge in [0.2, 0.25) is 5.91 Å². The topological polar surface area (TPSA) is 64.7 Å². The number of aromatic nitrogens is 4. The first-order chi connectivity index (χ1) is 12.0. The predicted octanol–water partition coefficient (Wildman–Crippen LogP) is 2.75. The molecule has 0 atom stereocenters. The second kappa shape index (κ2) is 7.51. The monoisotopic (exact) mass is 339 g/mol. The van der Waals surface area contributed by atoms with Crippen LogP contribution in [0.25, 0.3) is 10.9 Å². The maximum atomic E-state index is 12.0. The first-order valence-corrected chi connectivity index (χ1v) is 8.73. The van der Waals surface area contributed by atoms with Gasteiger partial charge in [-0.3, -0.25) is 14.2 Å². The molecular weight excluding hydrogens is 314 g/mol. The number of benzene rings is 1. The highest BCUT2D eigenvalue weighted by Crippen LogP contribution is 2.15. The van der Waals surface area contributed by atoms with Gasteiger partial charge in [-0.2, -0.15) is 10.2 Å². The van der Waals surface area contributed by atoms with Crippen LogP contribution in [-0.4, -0.2) is 32.0 Å². The van der Waals surface area contributed by atoms with E-state index in [-0.39, 0.29) is 5.91 Å². The number of hydrogen-bond donors (Lipinski definition) is 1. The predicted molar refractivity (Wildman–Crippen MR) is 98.4 cm³/mol. The van der Waals surface area contributed by atoms with Crippen molar-refractivity contribution in [3.8, 4) is 0 Å².